The van der Waals surface area contributed by atoms with Gasteiger partial charge in [0.1, 0.15) is 0 Å². The van der Waals surface area contributed by atoms with Gasteiger partial charge < -0.3 is 14.5 Å². The minimum absolute atomic E-state index is 0.0172. The van der Waals surface area contributed by atoms with Crippen molar-refractivity contribution in [2.24, 2.45) is 11.8 Å². The van der Waals surface area contributed by atoms with Crippen molar-refractivity contribution in [1.29, 1.82) is 0 Å². The van der Waals surface area contributed by atoms with Gasteiger partial charge in [0.25, 0.3) is 0 Å². The fraction of sp³-hybridized carbons (Fsp3) is 0.913. The summed E-state index contributed by atoms with van der Waals surface area (Å²) in [6.07, 6.45) is 6.10. The average molecular weight is 472 g/mol. The molecule has 1 heterocycles. The maximum atomic E-state index is 12.9. The van der Waals surface area contributed by atoms with Gasteiger partial charge in [-0.05, 0) is 84.5 Å². The molecule has 2 saturated carbocycles. The second kappa shape index (κ2) is 10.3. The standard InChI is InChI=1S/C23H41N3O5S/c1-6-32(29,30)24-20-10-7-18(8-11-20)19-9-12-21-22(13-19)25(23(28)31-15(2)3)14-16(4)26(21)17(5)27/h15-16,18-22,24H,6-14H2,1-5H3/t16-,18?,19?,20?,21?,22?/m0/s1. The molecule has 0 spiro atoms. The summed E-state index contributed by atoms with van der Waals surface area (Å²) in [5.41, 5.74) is 0. The van der Waals surface area contributed by atoms with Gasteiger partial charge in [0.05, 0.1) is 23.9 Å². The highest BCUT2D eigenvalue weighted by atomic mass is 32.2. The molecule has 4 atom stereocenters. The maximum absolute atomic E-state index is 12.9. The fourth-order valence-corrected chi connectivity index (χ4v) is 7.06. The first-order valence-electron chi connectivity index (χ1n) is 12.3. The Kier molecular flexibility index (Phi) is 8.12. The molecule has 0 radical (unpaired) electrons. The van der Waals surface area contributed by atoms with Crippen LogP contribution in [0, 0.1) is 11.8 Å². The van der Waals surface area contributed by atoms with E-state index in [9.17, 15) is 18.0 Å². The highest BCUT2D eigenvalue weighted by Crippen LogP contribution is 2.43. The molecule has 2 aliphatic carbocycles. The Hall–Kier alpha value is -1.35. The molecule has 3 rings (SSSR count). The molecule has 0 aromatic heterocycles. The summed E-state index contributed by atoms with van der Waals surface area (Å²) in [5.74, 6) is 1.21. The normalized spacial score (nSPS) is 33.7. The molecule has 1 aliphatic heterocycles. The Labute approximate surface area is 193 Å². The van der Waals surface area contributed by atoms with E-state index in [1.807, 2.05) is 30.6 Å². The molecule has 2 amide bonds. The smallest absolute Gasteiger partial charge is 0.410 e. The molecule has 1 N–H and O–H groups in total. The number of sulfonamides is 1. The van der Waals surface area contributed by atoms with Crippen LogP contribution in [0.5, 0.6) is 0 Å². The first kappa shape index (κ1) is 25.3. The lowest BCUT2D eigenvalue weighted by Crippen LogP contribution is -2.67. The lowest BCUT2D eigenvalue weighted by molar-refractivity contribution is -0.142. The van der Waals surface area contributed by atoms with Crippen molar-refractivity contribution in [3.8, 4) is 0 Å². The van der Waals surface area contributed by atoms with Crippen molar-refractivity contribution in [3.63, 3.8) is 0 Å². The van der Waals surface area contributed by atoms with Gasteiger partial charge >= 0.3 is 6.09 Å². The number of fused-ring (bicyclic) bond motifs is 1. The van der Waals surface area contributed by atoms with Gasteiger partial charge in [-0.25, -0.2) is 17.9 Å². The average Bonchev–Trinajstić information content (AvgIpc) is 2.72. The van der Waals surface area contributed by atoms with Crippen molar-refractivity contribution in [2.45, 2.75) is 110 Å². The molecular formula is C23H41N3O5S. The van der Waals surface area contributed by atoms with Crippen LogP contribution in [0.15, 0.2) is 0 Å². The van der Waals surface area contributed by atoms with Gasteiger partial charge in [-0.3, -0.25) is 4.79 Å². The van der Waals surface area contributed by atoms with Gasteiger partial charge in [0.15, 0.2) is 0 Å². The van der Waals surface area contributed by atoms with Crippen molar-refractivity contribution < 1.29 is 22.7 Å². The van der Waals surface area contributed by atoms with Crippen LogP contribution >= 0.6 is 0 Å². The van der Waals surface area contributed by atoms with E-state index in [0.717, 1.165) is 44.9 Å². The Morgan fingerprint density at radius 3 is 2.22 bits per heavy atom. The van der Waals surface area contributed by atoms with E-state index in [-0.39, 0.29) is 48.0 Å². The van der Waals surface area contributed by atoms with Gasteiger partial charge in [-0.15, -0.1) is 0 Å². The molecule has 1 saturated heterocycles. The molecule has 0 bridgehead atoms. The summed E-state index contributed by atoms with van der Waals surface area (Å²) in [7, 11) is -3.17. The number of amides is 2. The fourth-order valence-electron chi connectivity index (χ4n) is 6.15. The zero-order valence-electron chi connectivity index (χ0n) is 20.2. The minimum atomic E-state index is -3.17. The van der Waals surface area contributed by atoms with Gasteiger partial charge in [0, 0.05) is 25.6 Å². The third-order valence-electron chi connectivity index (χ3n) is 7.61. The number of hydrogen-bond acceptors (Lipinski definition) is 5. The molecule has 0 aromatic carbocycles. The van der Waals surface area contributed by atoms with Crippen LogP contribution in [0.3, 0.4) is 0 Å². The number of nitrogens with zero attached hydrogens (tertiary/aromatic N) is 2. The van der Waals surface area contributed by atoms with E-state index in [0.29, 0.717) is 18.4 Å². The highest BCUT2D eigenvalue weighted by molar-refractivity contribution is 7.89. The third kappa shape index (κ3) is 5.76. The molecule has 9 heteroatoms. The second-order valence-corrected chi connectivity index (χ2v) is 12.2. The van der Waals surface area contributed by atoms with E-state index < -0.39 is 10.0 Å². The summed E-state index contributed by atoms with van der Waals surface area (Å²) in [6, 6.07) is 0.0390. The molecule has 3 unspecified atom stereocenters. The van der Waals surface area contributed by atoms with Crippen molar-refractivity contribution >= 4 is 22.0 Å². The number of hydrogen-bond donors (Lipinski definition) is 1. The molecule has 3 fully saturated rings. The molecule has 3 aliphatic rings. The van der Waals surface area contributed by atoms with Crippen LogP contribution in [0.4, 0.5) is 4.79 Å². The molecule has 32 heavy (non-hydrogen) atoms. The van der Waals surface area contributed by atoms with Crippen LogP contribution in [0.1, 0.15) is 79.6 Å². The van der Waals surface area contributed by atoms with Crippen molar-refractivity contribution in [1.82, 2.24) is 14.5 Å². The first-order chi connectivity index (χ1) is 15.0. The number of ether oxygens (including phenoxy) is 1. The molecule has 184 valence electrons. The Morgan fingerprint density at radius 2 is 1.66 bits per heavy atom. The van der Waals surface area contributed by atoms with E-state index in [1.54, 1.807) is 13.8 Å². The number of nitrogens with one attached hydrogen (secondary N) is 1. The van der Waals surface area contributed by atoms with Crippen molar-refractivity contribution in [3.05, 3.63) is 0 Å². The van der Waals surface area contributed by atoms with E-state index in [2.05, 4.69) is 4.72 Å². The summed E-state index contributed by atoms with van der Waals surface area (Å²) in [4.78, 5) is 29.2. The minimum Gasteiger partial charge on any atom is -0.447 e. The van der Waals surface area contributed by atoms with Gasteiger partial charge in [0.2, 0.25) is 15.9 Å². The summed E-state index contributed by atoms with van der Waals surface area (Å²) in [5, 5.41) is 0. The molecule has 8 nitrogen and oxygen atoms in total. The van der Waals surface area contributed by atoms with Crippen LogP contribution in [0.2, 0.25) is 0 Å². The summed E-state index contributed by atoms with van der Waals surface area (Å²) >= 11 is 0. The van der Waals surface area contributed by atoms with Gasteiger partial charge in [-0.2, -0.15) is 0 Å². The van der Waals surface area contributed by atoms with E-state index in [1.165, 1.54) is 0 Å². The monoisotopic (exact) mass is 471 g/mol. The number of piperazine rings is 1. The highest BCUT2D eigenvalue weighted by Gasteiger charge is 2.48. The zero-order chi connectivity index (χ0) is 23.6. The first-order valence-corrected chi connectivity index (χ1v) is 13.9. The zero-order valence-corrected chi connectivity index (χ0v) is 21.1. The predicted molar refractivity (Wildman–Crippen MR) is 124 cm³/mol. The lowest BCUT2D eigenvalue weighted by atomic mass is 9.69. The number of carbonyl (C=O) groups excluding carboxylic acids is 2. The molecule has 0 aromatic rings. The Balaban J connectivity index is 1.69. The van der Waals surface area contributed by atoms with Crippen LogP contribution < -0.4 is 4.72 Å². The predicted octanol–water partition coefficient (Wildman–Crippen LogP) is 3.12. The topological polar surface area (TPSA) is 96.0 Å². The van der Waals surface area contributed by atoms with Gasteiger partial charge in [-0.1, -0.05) is 0 Å². The molecular weight excluding hydrogens is 430 g/mol. The maximum Gasteiger partial charge on any atom is 0.410 e. The lowest BCUT2D eigenvalue weighted by Gasteiger charge is -2.54. The van der Waals surface area contributed by atoms with E-state index in [4.69, 9.17) is 4.74 Å². The van der Waals surface area contributed by atoms with Crippen LogP contribution in [0.25, 0.3) is 0 Å². The van der Waals surface area contributed by atoms with Crippen molar-refractivity contribution in [2.75, 3.05) is 12.3 Å². The second-order valence-electron chi connectivity index (χ2n) is 10.2. The summed E-state index contributed by atoms with van der Waals surface area (Å²) < 4.78 is 32.2. The van der Waals surface area contributed by atoms with Crippen LogP contribution in [-0.2, 0) is 19.6 Å². The third-order valence-corrected chi connectivity index (χ3v) is 9.07. The number of rotatable bonds is 5. The number of carbonyl (C=O) groups is 2. The largest absolute Gasteiger partial charge is 0.447 e. The SMILES string of the molecule is CCS(=O)(=O)NC1CCC(C2CCC3C(C2)N(C(=O)OC(C)C)C[C@H](C)N3C(C)=O)CC1. The summed E-state index contributed by atoms with van der Waals surface area (Å²) in [6.45, 7) is 9.53. The Morgan fingerprint density at radius 1 is 1.03 bits per heavy atom. The van der Waals surface area contributed by atoms with E-state index >= 15 is 0 Å². The van der Waals surface area contributed by atoms with Crippen LogP contribution in [-0.4, -0.2) is 72.8 Å². The quantitative estimate of drug-likeness (QED) is 0.665. The Bertz CT molecular complexity index is 779.